The van der Waals surface area contributed by atoms with Crippen LogP contribution in [0.15, 0.2) is 54.6 Å². The summed E-state index contributed by atoms with van der Waals surface area (Å²) in [7, 11) is 7.19. The maximum Gasteiger partial charge on any atom is 0.326 e. The molecule has 0 radical (unpaired) electrons. The Morgan fingerprint density at radius 1 is 0.944 bits per heavy atom. The first-order valence-corrected chi connectivity index (χ1v) is 11.9. The Kier molecular flexibility index (Phi) is 9.20. The molecule has 0 fully saturated rings. The molecule has 0 unspecified atom stereocenters. The lowest BCUT2D eigenvalue weighted by Gasteiger charge is -2.18. The van der Waals surface area contributed by atoms with Gasteiger partial charge in [-0.05, 0) is 55.1 Å². The van der Waals surface area contributed by atoms with E-state index in [0.717, 1.165) is 28.8 Å². The Morgan fingerprint density at radius 3 is 1.97 bits per heavy atom. The van der Waals surface area contributed by atoms with Gasteiger partial charge in [-0.15, -0.1) is 0 Å². The highest BCUT2D eigenvalue weighted by Gasteiger charge is 2.24. The average Bonchev–Trinajstić information content (AvgIpc) is 2.83. The third-order valence-corrected chi connectivity index (χ3v) is 6.17. The lowest BCUT2D eigenvalue weighted by Crippen LogP contribution is -2.42. The molecule has 1 amide bonds. The molecule has 0 aromatic heterocycles. The molecule has 0 aliphatic heterocycles. The number of aliphatic carboxylic acids is 1. The maximum atomic E-state index is 12.7. The van der Waals surface area contributed by atoms with E-state index >= 15 is 0 Å². The number of rotatable bonds is 10. The highest BCUT2D eigenvalue weighted by atomic mass is 35.5. The van der Waals surface area contributed by atoms with Gasteiger partial charge < -0.3 is 24.8 Å². The average molecular weight is 531 g/mol. The van der Waals surface area contributed by atoms with Gasteiger partial charge in [0.25, 0.3) is 5.91 Å². The number of nitrogens with one attached hydrogen (secondary N) is 1. The number of carboxylic acid groups (broad SMARTS) is 1. The third-order valence-electron chi connectivity index (χ3n) is 5.54. The Hall–Kier alpha value is -3.26. The lowest BCUT2D eigenvalue weighted by atomic mass is 9.97. The van der Waals surface area contributed by atoms with Gasteiger partial charge in [0.1, 0.15) is 17.5 Å². The molecule has 3 rings (SSSR count). The number of benzene rings is 3. The molecule has 190 valence electrons. The topological polar surface area (TPSA) is 88.1 Å². The first kappa shape index (κ1) is 27.3. The van der Waals surface area contributed by atoms with E-state index in [1.807, 2.05) is 50.5 Å². The van der Waals surface area contributed by atoms with Crippen molar-refractivity contribution < 1.29 is 24.2 Å². The van der Waals surface area contributed by atoms with Crippen LogP contribution in [0, 0.1) is 0 Å². The quantitative estimate of drug-likeness (QED) is 0.376. The van der Waals surface area contributed by atoms with Crippen molar-refractivity contribution >= 4 is 35.1 Å². The molecule has 0 aliphatic carbocycles. The summed E-state index contributed by atoms with van der Waals surface area (Å²) < 4.78 is 11.3. The van der Waals surface area contributed by atoms with E-state index in [0.29, 0.717) is 11.5 Å². The minimum absolute atomic E-state index is 0.0411. The van der Waals surface area contributed by atoms with Gasteiger partial charge in [0.05, 0.1) is 35.4 Å². The van der Waals surface area contributed by atoms with Crippen molar-refractivity contribution in [3.8, 4) is 22.6 Å². The predicted octanol–water partition coefficient (Wildman–Crippen LogP) is 5.16. The van der Waals surface area contributed by atoms with Gasteiger partial charge in [-0.1, -0.05) is 53.5 Å². The van der Waals surface area contributed by atoms with Crippen LogP contribution in [0.2, 0.25) is 10.0 Å². The standard InChI is InChI=1S/C27H28Cl2N2O5/c1-31(2)15-17-13-22(35-3)24(23(14-17)36-4)18-10-8-16(9-11-18)12-21(27(33)34)30-26(32)25-19(28)6-5-7-20(25)29/h5-11,13-14,21H,12,15H2,1-4H3,(H,30,32)(H,33,34)/t21-/m0/s1. The van der Waals surface area contributed by atoms with Gasteiger partial charge in [0.2, 0.25) is 0 Å². The summed E-state index contributed by atoms with van der Waals surface area (Å²) in [5.74, 6) is -0.477. The molecule has 1 atom stereocenters. The summed E-state index contributed by atoms with van der Waals surface area (Å²) in [5, 5.41) is 12.5. The molecule has 0 bridgehead atoms. The maximum absolute atomic E-state index is 12.7. The van der Waals surface area contributed by atoms with Crippen LogP contribution in [0.4, 0.5) is 0 Å². The lowest BCUT2D eigenvalue weighted by molar-refractivity contribution is -0.139. The van der Waals surface area contributed by atoms with E-state index in [1.54, 1.807) is 20.3 Å². The number of carbonyl (C=O) groups is 2. The zero-order chi connectivity index (χ0) is 26.4. The predicted molar refractivity (Wildman–Crippen MR) is 141 cm³/mol. The largest absolute Gasteiger partial charge is 0.496 e. The number of hydrogen-bond donors (Lipinski definition) is 2. The molecule has 3 aromatic carbocycles. The second kappa shape index (κ2) is 12.1. The molecule has 0 saturated heterocycles. The zero-order valence-electron chi connectivity index (χ0n) is 20.5. The van der Waals surface area contributed by atoms with Gasteiger partial charge in [-0.2, -0.15) is 0 Å². The number of halogens is 2. The van der Waals surface area contributed by atoms with Crippen LogP contribution in [-0.2, 0) is 17.8 Å². The molecular weight excluding hydrogens is 503 g/mol. The van der Waals surface area contributed by atoms with Crippen molar-refractivity contribution in [2.45, 2.75) is 19.0 Å². The minimum Gasteiger partial charge on any atom is -0.496 e. The molecule has 2 N–H and O–H groups in total. The molecule has 9 heteroatoms. The van der Waals surface area contributed by atoms with Gasteiger partial charge in [-0.3, -0.25) is 4.79 Å². The molecule has 3 aromatic rings. The fraction of sp³-hybridized carbons (Fsp3) is 0.259. The Balaban J connectivity index is 1.84. The highest BCUT2D eigenvalue weighted by molar-refractivity contribution is 6.39. The number of nitrogens with zero attached hydrogens (tertiary/aromatic N) is 1. The van der Waals surface area contributed by atoms with Gasteiger partial charge >= 0.3 is 5.97 Å². The van der Waals surface area contributed by atoms with Crippen LogP contribution in [-0.4, -0.2) is 56.2 Å². The van der Waals surface area contributed by atoms with Crippen molar-refractivity contribution in [3.05, 3.63) is 81.3 Å². The van der Waals surface area contributed by atoms with Crippen LogP contribution in [0.1, 0.15) is 21.5 Å². The number of carbonyl (C=O) groups excluding carboxylic acids is 1. The van der Waals surface area contributed by atoms with E-state index < -0.39 is 17.9 Å². The fourth-order valence-electron chi connectivity index (χ4n) is 3.90. The molecule has 0 spiro atoms. The number of ether oxygens (including phenoxy) is 2. The number of methoxy groups -OCH3 is 2. The van der Waals surface area contributed by atoms with Gasteiger partial charge in [0, 0.05) is 13.0 Å². The van der Waals surface area contributed by atoms with Crippen molar-refractivity contribution in [3.63, 3.8) is 0 Å². The van der Waals surface area contributed by atoms with E-state index in [2.05, 4.69) is 10.2 Å². The fourth-order valence-corrected chi connectivity index (χ4v) is 4.46. The first-order chi connectivity index (χ1) is 17.1. The smallest absolute Gasteiger partial charge is 0.326 e. The normalized spacial score (nSPS) is 11.8. The Morgan fingerprint density at radius 2 is 1.50 bits per heavy atom. The monoisotopic (exact) mass is 530 g/mol. The zero-order valence-corrected chi connectivity index (χ0v) is 22.0. The summed E-state index contributed by atoms with van der Waals surface area (Å²) in [6.07, 6.45) is 0.0689. The Labute approximate surface area is 220 Å². The summed E-state index contributed by atoms with van der Waals surface area (Å²) >= 11 is 12.2. The second-order valence-electron chi connectivity index (χ2n) is 8.48. The van der Waals surface area contributed by atoms with Crippen molar-refractivity contribution in [1.29, 1.82) is 0 Å². The van der Waals surface area contributed by atoms with Crippen molar-refractivity contribution in [2.75, 3.05) is 28.3 Å². The first-order valence-electron chi connectivity index (χ1n) is 11.1. The van der Waals surface area contributed by atoms with Crippen LogP contribution in [0.3, 0.4) is 0 Å². The van der Waals surface area contributed by atoms with E-state index in [9.17, 15) is 14.7 Å². The molecule has 36 heavy (non-hydrogen) atoms. The molecule has 7 nitrogen and oxygen atoms in total. The molecule has 0 saturated carbocycles. The van der Waals surface area contributed by atoms with Crippen LogP contribution in [0.25, 0.3) is 11.1 Å². The highest BCUT2D eigenvalue weighted by Crippen LogP contribution is 2.40. The number of amides is 1. The molecule has 0 aliphatic rings. The summed E-state index contributed by atoms with van der Waals surface area (Å²) in [5.41, 5.74) is 3.46. The van der Waals surface area contributed by atoms with E-state index in [1.165, 1.54) is 12.1 Å². The SMILES string of the molecule is COc1cc(CN(C)C)cc(OC)c1-c1ccc(C[C@H](NC(=O)c2c(Cl)cccc2Cl)C(=O)O)cc1. The summed E-state index contributed by atoms with van der Waals surface area (Å²) in [6.45, 7) is 0.730. The minimum atomic E-state index is -1.18. The third kappa shape index (κ3) is 6.49. The van der Waals surface area contributed by atoms with E-state index in [-0.39, 0.29) is 22.0 Å². The van der Waals surface area contributed by atoms with Crippen LogP contribution < -0.4 is 14.8 Å². The number of hydrogen-bond acceptors (Lipinski definition) is 5. The second-order valence-corrected chi connectivity index (χ2v) is 9.29. The number of carboxylic acids is 1. The van der Waals surface area contributed by atoms with Gasteiger partial charge in [-0.25, -0.2) is 4.79 Å². The molecule has 0 heterocycles. The van der Waals surface area contributed by atoms with Crippen LogP contribution >= 0.6 is 23.2 Å². The van der Waals surface area contributed by atoms with E-state index in [4.69, 9.17) is 32.7 Å². The summed E-state index contributed by atoms with van der Waals surface area (Å²) in [4.78, 5) is 26.6. The Bertz CT molecular complexity index is 1200. The molecular formula is C27H28Cl2N2O5. The van der Waals surface area contributed by atoms with Crippen molar-refractivity contribution in [2.24, 2.45) is 0 Å². The van der Waals surface area contributed by atoms with Crippen LogP contribution in [0.5, 0.6) is 11.5 Å². The van der Waals surface area contributed by atoms with Crippen molar-refractivity contribution in [1.82, 2.24) is 10.2 Å². The summed E-state index contributed by atoms with van der Waals surface area (Å²) in [6, 6.07) is 14.8. The van der Waals surface area contributed by atoms with Gasteiger partial charge in [0.15, 0.2) is 0 Å².